The summed E-state index contributed by atoms with van der Waals surface area (Å²) in [6, 6.07) is 6.18. The highest BCUT2D eigenvalue weighted by molar-refractivity contribution is 5.61. The Kier molecular flexibility index (Phi) is 5.49. The van der Waals surface area contributed by atoms with E-state index in [9.17, 15) is 10.1 Å². The van der Waals surface area contributed by atoms with Crippen LogP contribution in [0.25, 0.3) is 0 Å². The summed E-state index contributed by atoms with van der Waals surface area (Å²) in [5, 5.41) is 26.1. The first kappa shape index (κ1) is 15.2. The van der Waals surface area contributed by atoms with E-state index in [-0.39, 0.29) is 11.3 Å². The second-order valence-electron chi connectivity index (χ2n) is 4.85. The molecule has 0 spiro atoms. The van der Waals surface area contributed by atoms with Crippen LogP contribution in [0.1, 0.15) is 18.4 Å². The topological polar surface area (TPSA) is 100 Å². The van der Waals surface area contributed by atoms with Crippen molar-refractivity contribution in [1.29, 1.82) is 5.26 Å². The van der Waals surface area contributed by atoms with E-state index in [1.165, 1.54) is 12.1 Å². The van der Waals surface area contributed by atoms with Crippen LogP contribution in [0, 0.1) is 21.4 Å². The maximum Gasteiger partial charge on any atom is 0.270 e. The van der Waals surface area contributed by atoms with Gasteiger partial charge >= 0.3 is 0 Å². The van der Waals surface area contributed by atoms with E-state index in [0.717, 1.165) is 25.9 Å². The van der Waals surface area contributed by atoms with Crippen molar-refractivity contribution in [3.8, 4) is 6.07 Å². The number of hydrogen-bond acceptors (Lipinski definition) is 6. The average Bonchev–Trinajstić information content (AvgIpc) is 2.52. The molecular weight excluding hydrogens is 272 g/mol. The number of nitrogens with one attached hydrogen (secondary N) is 2. The molecule has 1 aromatic rings. The van der Waals surface area contributed by atoms with Gasteiger partial charge in [0.1, 0.15) is 6.07 Å². The molecule has 1 fully saturated rings. The van der Waals surface area contributed by atoms with Crippen molar-refractivity contribution in [3.05, 3.63) is 33.9 Å². The van der Waals surface area contributed by atoms with Gasteiger partial charge in [0, 0.05) is 18.7 Å². The van der Waals surface area contributed by atoms with Crippen LogP contribution in [0.3, 0.4) is 0 Å². The summed E-state index contributed by atoms with van der Waals surface area (Å²) >= 11 is 0. The maximum absolute atomic E-state index is 10.7. The predicted molar refractivity (Wildman–Crippen MR) is 78.1 cm³/mol. The smallest absolute Gasteiger partial charge is 0.270 e. The van der Waals surface area contributed by atoms with Crippen molar-refractivity contribution in [1.82, 2.24) is 5.32 Å². The number of hydrogen-bond donors (Lipinski definition) is 2. The Balaban J connectivity index is 1.82. The summed E-state index contributed by atoms with van der Waals surface area (Å²) < 4.78 is 5.75. The first-order valence-corrected chi connectivity index (χ1v) is 6.95. The summed E-state index contributed by atoms with van der Waals surface area (Å²) in [7, 11) is 0. The zero-order valence-corrected chi connectivity index (χ0v) is 11.7. The van der Waals surface area contributed by atoms with E-state index in [1.807, 2.05) is 6.07 Å². The van der Waals surface area contributed by atoms with Gasteiger partial charge in [-0.1, -0.05) is 0 Å². The maximum atomic E-state index is 10.7. The third-order valence-corrected chi connectivity index (χ3v) is 3.39. The predicted octanol–water partition coefficient (Wildman–Crippen LogP) is 1.65. The highest BCUT2D eigenvalue weighted by atomic mass is 16.6. The second-order valence-corrected chi connectivity index (χ2v) is 4.85. The van der Waals surface area contributed by atoms with E-state index in [1.54, 1.807) is 6.07 Å². The SMILES string of the molecule is N#Cc1cc([N+](=O)[O-])ccc1NCCOC1CCNCC1. The van der Waals surface area contributed by atoms with Crippen molar-refractivity contribution >= 4 is 11.4 Å². The summed E-state index contributed by atoms with van der Waals surface area (Å²) in [4.78, 5) is 10.2. The fourth-order valence-corrected chi connectivity index (χ4v) is 2.27. The Hall–Kier alpha value is -2.17. The van der Waals surface area contributed by atoms with Crippen LogP contribution in [-0.2, 0) is 4.74 Å². The number of rotatable bonds is 6. The molecular formula is C14H18N4O3. The lowest BCUT2D eigenvalue weighted by atomic mass is 10.1. The van der Waals surface area contributed by atoms with Crippen LogP contribution in [0.5, 0.6) is 0 Å². The minimum absolute atomic E-state index is 0.0805. The van der Waals surface area contributed by atoms with Crippen molar-refractivity contribution < 1.29 is 9.66 Å². The molecule has 7 heteroatoms. The van der Waals surface area contributed by atoms with Gasteiger partial charge in [-0.15, -0.1) is 0 Å². The molecule has 0 aromatic heterocycles. The van der Waals surface area contributed by atoms with Crippen LogP contribution in [0.15, 0.2) is 18.2 Å². The molecule has 112 valence electrons. The van der Waals surface area contributed by atoms with Gasteiger partial charge in [0.05, 0.1) is 28.9 Å². The normalized spacial score (nSPS) is 15.4. The summed E-state index contributed by atoms with van der Waals surface area (Å²) in [6.07, 6.45) is 2.32. The second kappa shape index (κ2) is 7.57. The van der Waals surface area contributed by atoms with Crippen LogP contribution in [0.4, 0.5) is 11.4 Å². The van der Waals surface area contributed by atoms with Crippen LogP contribution >= 0.6 is 0 Å². The molecule has 0 saturated carbocycles. The quantitative estimate of drug-likeness (QED) is 0.469. The van der Waals surface area contributed by atoms with Crippen molar-refractivity contribution in [2.45, 2.75) is 18.9 Å². The number of anilines is 1. The van der Waals surface area contributed by atoms with E-state index in [4.69, 9.17) is 10.00 Å². The van der Waals surface area contributed by atoms with Crippen molar-refractivity contribution in [2.24, 2.45) is 0 Å². The van der Waals surface area contributed by atoms with E-state index in [0.29, 0.717) is 24.9 Å². The lowest BCUT2D eigenvalue weighted by Gasteiger charge is -2.23. The minimum atomic E-state index is -0.509. The van der Waals surface area contributed by atoms with Gasteiger partial charge in [-0.25, -0.2) is 0 Å². The lowest BCUT2D eigenvalue weighted by molar-refractivity contribution is -0.384. The number of nitrogens with zero attached hydrogens (tertiary/aromatic N) is 2. The molecule has 0 amide bonds. The highest BCUT2D eigenvalue weighted by Crippen LogP contribution is 2.21. The van der Waals surface area contributed by atoms with Gasteiger partial charge in [-0.05, 0) is 32.0 Å². The van der Waals surface area contributed by atoms with E-state index >= 15 is 0 Å². The molecule has 0 radical (unpaired) electrons. The van der Waals surface area contributed by atoms with Crippen molar-refractivity contribution in [2.75, 3.05) is 31.6 Å². The van der Waals surface area contributed by atoms with Gasteiger partial charge in [0.15, 0.2) is 0 Å². The first-order chi connectivity index (χ1) is 10.2. The molecule has 2 rings (SSSR count). The molecule has 0 aliphatic carbocycles. The van der Waals surface area contributed by atoms with E-state index < -0.39 is 4.92 Å². The molecule has 1 aliphatic heterocycles. The number of ether oxygens (including phenoxy) is 1. The molecule has 1 aromatic carbocycles. The molecule has 21 heavy (non-hydrogen) atoms. The van der Waals surface area contributed by atoms with Crippen LogP contribution in [0.2, 0.25) is 0 Å². The summed E-state index contributed by atoms with van der Waals surface area (Å²) in [5.41, 5.74) is 0.783. The number of nitriles is 1. The Morgan fingerprint density at radius 3 is 2.90 bits per heavy atom. The molecule has 2 N–H and O–H groups in total. The molecule has 0 bridgehead atoms. The zero-order valence-electron chi connectivity index (χ0n) is 11.7. The third-order valence-electron chi connectivity index (χ3n) is 3.39. The number of non-ortho nitro benzene ring substituents is 1. The lowest BCUT2D eigenvalue weighted by Crippen LogP contribution is -2.33. The van der Waals surface area contributed by atoms with Gasteiger partial charge in [0.25, 0.3) is 5.69 Å². The molecule has 1 heterocycles. The Labute approximate surface area is 123 Å². The van der Waals surface area contributed by atoms with Gasteiger partial charge in [-0.3, -0.25) is 10.1 Å². The average molecular weight is 290 g/mol. The largest absolute Gasteiger partial charge is 0.382 e. The number of piperidine rings is 1. The summed E-state index contributed by atoms with van der Waals surface area (Å²) in [6.45, 7) is 3.08. The summed E-state index contributed by atoms with van der Waals surface area (Å²) in [5.74, 6) is 0. The first-order valence-electron chi connectivity index (χ1n) is 6.95. The van der Waals surface area contributed by atoms with Gasteiger partial charge in [-0.2, -0.15) is 5.26 Å². The molecule has 0 atom stereocenters. The molecule has 0 unspecified atom stereocenters. The Morgan fingerprint density at radius 2 is 2.24 bits per heavy atom. The van der Waals surface area contributed by atoms with Crippen LogP contribution < -0.4 is 10.6 Å². The zero-order chi connectivity index (χ0) is 15.1. The minimum Gasteiger partial charge on any atom is -0.382 e. The third kappa shape index (κ3) is 4.41. The molecule has 7 nitrogen and oxygen atoms in total. The highest BCUT2D eigenvalue weighted by Gasteiger charge is 2.13. The fourth-order valence-electron chi connectivity index (χ4n) is 2.27. The number of nitro groups is 1. The molecule has 1 saturated heterocycles. The number of nitro benzene ring substituents is 1. The molecule has 1 aliphatic rings. The van der Waals surface area contributed by atoms with Gasteiger partial charge in [0.2, 0.25) is 0 Å². The number of benzene rings is 1. The van der Waals surface area contributed by atoms with Crippen LogP contribution in [-0.4, -0.2) is 37.3 Å². The van der Waals surface area contributed by atoms with Gasteiger partial charge < -0.3 is 15.4 Å². The Morgan fingerprint density at radius 1 is 1.48 bits per heavy atom. The standard InChI is InChI=1S/C14H18N4O3/c15-10-11-9-12(18(19)20)1-2-14(11)17-7-8-21-13-3-5-16-6-4-13/h1-2,9,13,16-17H,3-8H2. The Bertz CT molecular complexity index is 536. The van der Waals surface area contributed by atoms with Crippen molar-refractivity contribution in [3.63, 3.8) is 0 Å². The monoisotopic (exact) mass is 290 g/mol. The fraction of sp³-hybridized carbons (Fsp3) is 0.500. The van der Waals surface area contributed by atoms with E-state index in [2.05, 4.69) is 10.6 Å².